The molecule has 1 aromatic heterocycles. The number of nitrogens with two attached hydrogens (primary N) is 1. The fourth-order valence-corrected chi connectivity index (χ4v) is 4.15. The first-order chi connectivity index (χ1) is 16.5. The molecule has 3 aromatic rings. The number of hydrogen-bond acceptors (Lipinski definition) is 7. The lowest BCUT2D eigenvalue weighted by Crippen LogP contribution is -2.26. The maximum atomic E-state index is 13.6. The van der Waals surface area contributed by atoms with Crippen LogP contribution >= 0.6 is 24.8 Å². The highest BCUT2D eigenvalue weighted by molar-refractivity contribution is 5.99. The molecule has 1 amide bonds. The zero-order chi connectivity index (χ0) is 24.2. The van der Waals surface area contributed by atoms with Crippen LogP contribution < -0.4 is 24.7 Å². The van der Waals surface area contributed by atoms with Crippen LogP contribution in [0.1, 0.15) is 32.7 Å². The molecule has 1 aliphatic heterocycles. The molecule has 2 aromatic carbocycles. The Hall–Kier alpha value is -3.20. The molecule has 4 rings (SSSR count). The number of fused-ring (bicyclic) bond motifs is 1. The molecular formula is C26H31Cl2N3O5. The van der Waals surface area contributed by atoms with Crippen molar-refractivity contribution in [2.45, 2.75) is 26.4 Å². The van der Waals surface area contributed by atoms with Crippen molar-refractivity contribution in [2.24, 2.45) is 5.73 Å². The van der Waals surface area contributed by atoms with Crippen molar-refractivity contribution in [3.63, 3.8) is 0 Å². The summed E-state index contributed by atoms with van der Waals surface area (Å²) in [5.41, 5.74) is 10.1. The fraction of sp³-hybridized carbons (Fsp3) is 0.308. The van der Waals surface area contributed by atoms with E-state index < -0.39 is 0 Å². The molecule has 0 saturated carbocycles. The summed E-state index contributed by atoms with van der Waals surface area (Å²) in [6, 6.07) is 11.3. The van der Waals surface area contributed by atoms with E-state index in [4.69, 9.17) is 24.7 Å². The summed E-state index contributed by atoms with van der Waals surface area (Å²) in [6.07, 6.45) is 2.61. The smallest absolute Gasteiger partial charge is 0.258 e. The molecular weight excluding hydrogens is 505 g/mol. The van der Waals surface area contributed by atoms with E-state index in [-0.39, 0.29) is 30.7 Å². The van der Waals surface area contributed by atoms with Crippen LogP contribution in [0.3, 0.4) is 0 Å². The van der Waals surface area contributed by atoms with Gasteiger partial charge in [0, 0.05) is 31.0 Å². The van der Waals surface area contributed by atoms with Crippen molar-refractivity contribution < 1.29 is 23.7 Å². The topological polar surface area (TPSA) is 96.1 Å². The average molecular weight is 536 g/mol. The lowest BCUT2D eigenvalue weighted by Gasteiger charge is -2.22. The first-order valence-corrected chi connectivity index (χ1v) is 11.0. The minimum absolute atomic E-state index is 0. The summed E-state index contributed by atoms with van der Waals surface area (Å²) >= 11 is 0. The number of benzene rings is 2. The lowest BCUT2D eigenvalue weighted by atomic mass is 10.1. The highest BCUT2D eigenvalue weighted by atomic mass is 35.5. The minimum atomic E-state index is -0.199. The summed E-state index contributed by atoms with van der Waals surface area (Å²) < 4.78 is 22.9. The van der Waals surface area contributed by atoms with Gasteiger partial charge in [0.25, 0.3) is 5.91 Å². The first kappa shape index (κ1) is 29.0. The van der Waals surface area contributed by atoms with Crippen molar-refractivity contribution in [3.8, 4) is 28.7 Å². The van der Waals surface area contributed by atoms with E-state index in [0.29, 0.717) is 53.9 Å². The number of hydrogen-bond donors (Lipinski definition) is 1. The van der Waals surface area contributed by atoms with Gasteiger partial charge in [-0.05, 0) is 54.8 Å². The van der Waals surface area contributed by atoms with Gasteiger partial charge in [0.15, 0.2) is 11.5 Å². The maximum Gasteiger partial charge on any atom is 0.258 e. The summed E-state index contributed by atoms with van der Waals surface area (Å²) in [4.78, 5) is 19.7. The zero-order valence-corrected chi connectivity index (χ0v) is 22.3. The van der Waals surface area contributed by atoms with Gasteiger partial charge >= 0.3 is 0 Å². The lowest BCUT2D eigenvalue weighted by molar-refractivity contribution is 0.0746. The number of pyridine rings is 1. The second-order valence-corrected chi connectivity index (χ2v) is 8.06. The Kier molecular flexibility index (Phi) is 10.2. The minimum Gasteiger partial charge on any atom is -0.492 e. The van der Waals surface area contributed by atoms with Crippen molar-refractivity contribution in [3.05, 3.63) is 70.5 Å². The molecule has 0 unspecified atom stereocenters. The Morgan fingerprint density at radius 2 is 1.58 bits per heavy atom. The van der Waals surface area contributed by atoms with E-state index in [1.807, 2.05) is 43.5 Å². The summed E-state index contributed by atoms with van der Waals surface area (Å²) in [7, 11) is 4.51. The molecule has 8 nitrogen and oxygen atoms in total. The van der Waals surface area contributed by atoms with Crippen molar-refractivity contribution in [1.82, 2.24) is 9.88 Å². The Morgan fingerprint density at radius 3 is 2.19 bits per heavy atom. The van der Waals surface area contributed by atoms with Gasteiger partial charge in [-0.2, -0.15) is 0 Å². The molecule has 0 atom stereocenters. The first-order valence-electron chi connectivity index (χ1n) is 11.0. The Morgan fingerprint density at radius 1 is 0.944 bits per heavy atom. The quantitative estimate of drug-likeness (QED) is 0.446. The number of nitrogens with zero attached hydrogens (tertiary/aromatic N) is 2. The van der Waals surface area contributed by atoms with Gasteiger partial charge in [-0.3, -0.25) is 9.78 Å². The van der Waals surface area contributed by atoms with Crippen LogP contribution in [0.2, 0.25) is 0 Å². The van der Waals surface area contributed by atoms with Gasteiger partial charge in [0.2, 0.25) is 11.5 Å². The zero-order valence-electron chi connectivity index (χ0n) is 20.7. The van der Waals surface area contributed by atoms with Gasteiger partial charge < -0.3 is 29.6 Å². The number of aromatic nitrogens is 1. The van der Waals surface area contributed by atoms with E-state index in [0.717, 1.165) is 28.8 Å². The fourth-order valence-electron chi connectivity index (χ4n) is 4.15. The van der Waals surface area contributed by atoms with Crippen LogP contribution in [0, 0.1) is 6.92 Å². The Labute approximate surface area is 223 Å². The Bertz CT molecular complexity index is 1210. The van der Waals surface area contributed by atoms with Crippen molar-refractivity contribution >= 4 is 30.7 Å². The van der Waals surface area contributed by atoms with E-state index in [9.17, 15) is 4.79 Å². The predicted molar refractivity (Wildman–Crippen MR) is 142 cm³/mol. The van der Waals surface area contributed by atoms with Gasteiger partial charge in [0.05, 0.1) is 26.9 Å². The largest absolute Gasteiger partial charge is 0.492 e. The van der Waals surface area contributed by atoms with Crippen LogP contribution in [0.15, 0.2) is 42.6 Å². The summed E-state index contributed by atoms with van der Waals surface area (Å²) in [6.45, 7) is 3.48. The molecule has 10 heteroatoms. The van der Waals surface area contributed by atoms with Crippen molar-refractivity contribution in [2.75, 3.05) is 27.9 Å². The predicted octanol–water partition coefficient (Wildman–Crippen LogP) is 4.71. The highest BCUT2D eigenvalue weighted by Crippen LogP contribution is 2.48. The standard InChI is InChI=1S/C26H29N3O5.2ClH/c1-16-11-18-14-29(15-19(18)13-28-16)26(30)21-12-22(24(32-3)25(33-4)23(21)31-2)34-20-7-5-17(6-8-20)9-10-27;;/h5-8,11-13H,9-10,14-15,27H2,1-4H3;2*1H. The molecule has 2 N–H and O–H groups in total. The van der Waals surface area contributed by atoms with Crippen LogP contribution in [-0.2, 0) is 19.5 Å². The number of ether oxygens (including phenoxy) is 4. The van der Waals surface area contributed by atoms with E-state index in [1.165, 1.54) is 21.3 Å². The number of carbonyl (C=O) groups is 1. The third-order valence-corrected chi connectivity index (χ3v) is 5.81. The Balaban J connectivity index is 0.00000228. The third kappa shape index (κ3) is 5.78. The molecule has 36 heavy (non-hydrogen) atoms. The van der Waals surface area contributed by atoms with Crippen LogP contribution in [-0.4, -0.2) is 43.7 Å². The number of amides is 1. The van der Waals surface area contributed by atoms with E-state index in [1.54, 1.807) is 11.0 Å². The second-order valence-electron chi connectivity index (χ2n) is 8.06. The van der Waals surface area contributed by atoms with Gasteiger partial charge in [-0.1, -0.05) is 12.1 Å². The SMILES string of the molecule is COc1c(Oc2ccc(CCN)cc2)cc(C(=O)N2Cc3cnc(C)cc3C2)c(OC)c1OC.Cl.Cl. The normalized spacial score (nSPS) is 11.6. The van der Waals surface area contributed by atoms with Gasteiger partial charge in [-0.15, -0.1) is 24.8 Å². The molecule has 0 saturated heterocycles. The number of halogens is 2. The molecule has 2 heterocycles. The molecule has 0 radical (unpaired) electrons. The van der Waals surface area contributed by atoms with Gasteiger partial charge in [0.1, 0.15) is 5.75 Å². The summed E-state index contributed by atoms with van der Waals surface area (Å²) in [5.74, 6) is 1.67. The van der Waals surface area contributed by atoms with E-state index in [2.05, 4.69) is 4.98 Å². The molecule has 0 bridgehead atoms. The second kappa shape index (κ2) is 12.7. The highest BCUT2D eigenvalue weighted by Gasteiger charge is 2.31. The number of aryl methyl sites for hydroxylation is 1. The van der Waals surface area contributed by atoms with Crippen LogP contribution in [0.4, 0.5) is 0 Å². The van der Waals surface area contributed by atoms with Crippen LogP contribution in [0.25, 0.3) is 0 Å². The molecule has 0 spiro atoms. The van der Waals surface area contributed by atoms with E-state index >= 15 is 0 Å². The number of carbonyl (C=O) groups excluding carboxylic acids is 1. The molecule has 1 aliphatic rings. The number of rotatable bonds is 8. The summed E-state index contributed by atoms with van der Waals surface area (Å²) in [5, 5.41) is 0. The van der Waals surface area contributed by atoms with Crippen molar-refractivity contribution in [1.29, 1.82) is 0 Å². The van der Waals surface area contributed by atoms with Crippen LogP contribution in [0.5, 0.6) is 28.7 Å². The molecule has 0 aliphatic carbocycles. The maximum absolute atomic E-state index is 13.6. The monoisotopic (exact) mass is 535 g/mol. The molecule has 0 fully saturated rings. The van der Waals surface area contributed by atoms with Gasteiger partial charge in [-0.25, -0.2) is 0 Å². The number of methoxy groups -OCH3 is 3. The third-order valence-electron chi connectivity index (χ3n) is 5.81. The average Bonchev–Trinajstić information content (AvgIpc) is 3.27. The molecule has 194 valence electrons.